The Morgan fingerprint density at radius 3 is 1.92 bits per heavy atom. The summed E-state index contributed by atoms with van der Waals surface area (Å²) < 4.78 is 0. The highest BCUT2D eigenvalue weighted by Crippen LogP contribution is 2.13. The van der Waals surface area contributed by atoms with E-state index in [2.05, 4.69) is 12.1 Å². The molecule has 0 spiro atoms. The molecule has 0 aromatic heterocycles. The highest BCUT2D eigenvalue weighted by molar-refractivity contribution is 7.99. The van der Waals surface area contributed by atoms with Gasteiger partial charge in [-0.05, 0) is 12.1 Å². The summed E-state index contributed by atoms with van der Waals surface area (Å²) in [7, 11) is 0. The van der Waals surface area contributed by atoms with Gasteiger partial charge < -0.3 is 5.73 Å². The van der Waals surface area contributed by atoms with E-state index in [1.165, 1.54) is 4.90 Å². The number of nitrogens with two attached hydrogens (primary N) is 1. The van der Waals surface area contributed by atoms with E-state index in [0.717, 1.165) is 0 Å². The minimum atomic E-state index is 0. The highest BCUT2D eigenvalue weighted by Gasteiger charge is 1.85. The number of benzene rings is 1. The molecule has 0 aliphatic heterocycles. The maximum absolute atomic E-state index is 5.32. The van der Waals surface area contributed by atoms with Gasteiger partial charge in [0.25, 0.3) is 0 Å². The van der Waals surface area contributed by atoms with Crippen molar-refractivity contribution in [1.82, 2.24) is 0 Å². The van der Waals surface area contributed by atoms with E-state index in [-0.39, 0.29) is 14.1 Å². The second kappa shape index (κ2) is 10.3. The molecule has 1 nitrogen and oxygen atoms in total. The molecule has 0 saturated carbocycles. The van der Waals surface area contributed by atoms with Crippen molar-refractivity contribution in [3.05, 3.63) is 30.3 Å². The third kappa shape index (κ3) is 6.06. The number of rotatable bonds is 2. The predicted octanol–water partition coefficient (Wildman–Crippen LogP) is 2.15. The normalized spacial score (nSPS) is 7.08. The molecule has 0 fully saturated rings. The topological polar surface area (TPSA) is 26.0 Å². The molecule has 72 valence electrons. The van der Waals surface area contributed by atoms with E-state index >= 15 is 0 Å². The lowest BCUT2D eigenvalue weighted by Crippen LogP contribution is -1.90. The Labute approximate surface area is 73.4 Å². The zero-order valence-corrected chi connectivity index (χ0v) is 7.12. The largest absolute Gasteiger partial charge is 0.322 e. The summed E-state index contributed by atoms with van der Waals surface area (Å²) in [5, 5.41) is 0. The van der Waals surface area contributed by atoms with Crippen molar-refractivity contribution in [3.8, 4) is 0 Å². The van der Waals surface area contributed by atoms with Crippen molar-refractivity contribution >= 4 is 11.8 Å². The summed E-state index contributed by atoms with van der Waals surface area (Å²) >= 11 is 1.65. The molecule has 0 saturated heterocycles. The first-order chi connectivity index (χ1) is 4.43. The molecular formula is C7H12F3NS. The smallest absolute Gasteiger partial charge is 0.0440 e. The molecule has 2 N–H and O–H groups in total. The average Bonchev–Trinajstić information content (AvgIpc) is 1.91. The molecule has 0 radical (unpaired) electrons. The van der Waals surface area contributed by atoms with Crippen LogP contribution in [-0.4, -0.2) is 5.88 Å². The van der Waals surface area contributed by atoms with Gasteiger partial charge in [-0.3, -0.25) is 14.1 Å². The van der Waals surface area contributed by atoms with Crippen LogP contribution >= 0.6 is 11.8 Å². The molecule has 0 aliphatic rings. The van der Waals surface area contributed by atoms with E-state index in [1.807, 2.05) is 18.2 Å². The van der Waals surface area contributed by atoms with Gasteiger partial charge in [-0.25, -0.2) is 0 Å². The average molecular weight is 199 g/mol. The van der Waals surface area contributed by atoms with Crippen LogP contribution in [0.5, 0.6) is 0 Å². The van der Waals surface area contributed by atoms with Crippen LogP contribution in [0.15, 0.2) is 35.2 Å². The van der Waals surface area contributed by atoms with Gasteiger partial charge >= 0.3 is 0 Å². The van der Waals surface area contributed by atoms with Gasteiger partial charge in [0.2, 0.25) is 0 Å². The van der Waals surface area contributed by atoms with Crippen molar-refractivity contribution in [3.63, 3.8) is 0 Å². The molecule has 1 aromatic rings. The molecule has 0 unspecified atom stereocenters. The van der Waals surface area contributed by atoms with E-state index in [9.17, 15) is 0 Å². The van der Waals surface area contributed by atoms with Crippen LogP contribution in [0.2, 0.25) is 0 Å². The molecule has 12 heavy (non-hydrogen) atoms. The van der Waals surface area contributed by atoms with Crippen molar-refractivity contribution < 1.29 is 14.1 Å². The molecular weight excluding hydrogens is 187 g/mol. The van der Waals surface area contributed by atoms with Crippen LogP contribution in [0.1, 0.15) is 0 Å². The fourth-order valence-corrected chi connectivity index (χ4v) is 1.15. The highest BCUT2D eigenvalue weighted by atomic mass is 32.2. The molecule has 0 bridgehead atoms. The van der Waals surface area contributed by atoms with Gasteiger partial charge in [0.05, 0.1) is 0 Å². The number of hydrogen-bond donors (Lipinski definition) is 1. The van der Waals surface area contributed by atoms with Gasteiger partial charge in [0.15, 0.2) is 0 Å². The lowest BCUT2D eigenvalue weighted by Gasteiger charge is -1.93. The Morgan fingerprint density at radius 2 is 1.50 bits per heavy atom. The third-order valence-corrected chi connectivity index (χ3v) is 1.77. The second-order valence-corrected chi connectivity index (χ2v) is 2.72. The molecule has 0 atom stereocenters. The van der Waals surface area contributed by atoms with Gasteiger partial charge in [-0.15, -0.1) is 11.8 Å². The van der Waals surface area contributed by atoms with E-state index in [0.29, 0.717) is 5.88 Å². The zero-order valence-electron chi connectivity index (χ0n) is 6.30. The Balaban J connectivity index is -0.000000270. The van der Waals surface area contributed by atoms with Crippen molar-refractivity contribution in [2.75, 3.05) is 5.88 Å². The summed E-state index contributed by atoms with van der Waals surface area (Å²) in [6.07, 6.45) is 0. The SMILES string of the molecule is F.F.F.NCSc1ccccc1. The molecule has 0 amide bonds. The first-order valence-electron chi connectivity index (χ1n) is 2.81. The summed E-state index contributed by atoms with van der Waals surface area (Å²) in [5.41, 5.74) is 5.32. The maximum Gasteiger partial charge on any atom is 0.0440 e. The van der Waals surface area contributed by atoms with Crippen LogP contribution in [0, 0.1) is 0 Å². The van der Waals surface area contributed by atoms with Crippen LogP contribution < -0.4 is 5.73 Å². The minimum Gasteiger partial charge on any atom is -0.322 e. The molecule has 1 aromatic carbocycles. The van der Waals surface area contributed by atoms with Crippen LogP contribution in [0.4, 0.5) is 14.1 Å². The molecule has 1 rings (SSSR count). The number of thioether (sulfide) groups is 1. The Kier molecular flexibility index (Phi) is 15.0. The summed E-state index contributed by atoms with van der Waals surface area (Å²) in [5.74, 6) is 0.657. The van der Waals surface area contributed by atoms with E-state index < -0.39 is 0 Å². The number of halogens is 3. The first kappa shape index (κ1) is 17.4. The second-order valence-electron chi connectivity index (χ2n) is 1.62. The van der Waals surface area contributed by atoms with Gasteiger partial charge in [-0.2, -0.15) is 0 Å². The minimum absolute atomic E-state index is 0. The van der Waals surface area contributed by atoms with Gasteiger partial charge in [-0.1, -0.05) is 18.2 Å². The predicted molar refractivity (Wildman–Crippen MR) is 48.9 cm³/mol. The van der Waals surface area contributed by atoms with Crippen LogP contribution in [-0.2, 0) is 0 Å². The fourth-order valence-electron chi connectivity index (χ4n) is 0.613. The standard InChI is InChI=1S/C7H9NS.3FH/c8-6-9-7-4-2-1-3-5-7;;;/h1-5H,6,8H2;3*1H. The van der Waals surface area contributed by atoms with Crippen molar-refractivity contribution in [1.29, 1.82) is 0 Å². The molecule has 0 aliphatic carbocycles. The third-order valence-electron chi connectivity index (χ3n) is 0.993. The zero-order chi connectivity index (χ0) is 6.53. The van der Waals surface area contributed by atoms with Crippen molar-refractivity contribution in [2.24, 2.45) is 5.73 Å². The summed E-state index contributed by atoms with van der Waals surface area (Å²) in [4.78, 5) is 1.24. The molecule has 0 heterocycles. The quantitative estimate of drug-likeness (QED) is 0.583. The van der Waals surface area contributed by atoms with Gasteiger partial charge in [0, 0.05) is 10.8 Å². The van der Waals surface area contributed by atoms with Gasteiger partial charge in [0.1, 0.15) is 0 Å². The lowest BCUT2D eigenvalue weighted by atomic mass is 10.4. The summed E-state index contributed by atoms with van der Waals surface area (Å²) in [6.45, 7) is 0. The molecule has 5 heteroatoms. The monoisotopic (exact) mass is 199 g/mol. The van der Waals surface area contributed by atoms with Crippen LogP contribution in [0.3, 0.4) is 0 Å². The van der Waals surface area contributed by atoms with Crippen LogP contribution in [0.25, 0.3) is 0 Å². The lowest BCUT2D eigenvalue weighted by molar-refractivity contribution is 1.11. The van der Waals surface area contributed by atoms with E-state index in [1.54, 1.807) is 11.8 Å². The Hall–Kier alpha value is -0.680. The van der Waals surface area contributed by atoms with E-state index in [4.69, 9.17) is 5.73 Å². The number of hydrogen-bond acceptors (Lipinski definition) is 2. The maximum atomic E-state index is 5.32. The Bertz CT molecular complexity index is 172. The first-order valence-corrected chi connectivity index (χ1v) is 3.80. The Morgan fingerprint density at radius 1 is 1.00 bits per heavy atom. The fraction of sp³-hybridized carbons (Fsp3) is 0.143. The van der Waals surface area contributed by atoms with Crippen molar-refractivity contribution in [2.45, 2.75) is 4.90 Å². The summed E-state index contributed by atoms with van der Waals surface area (Å²) in [6, 6.07) is 10.1.